The van der Waals surface area contributed by atoms with E-state index in [4.69, 9.17) is 4.74 Å². The molecule has 3 aromatic rings. The number of carbonyl (C=O) groups excluding carboxylic acids is 2. The van der Waals surface area contributed by atoms with Crippen LogP contribution in [-0.2, 0) is 16.1 Å². The topological polar surface area (TPSA) is 60.3 Å². The number of anilines is 1. The fourth-order valence-corrected chi connectivity index (χ4v) is 5.17. The molecule has 5 rings (SSSR count). The van der Waals surface area contributed by atoms with E-state index in [1.165, 1.54) is 55.9 Å². The molecular weight excluding hydrogens is 376 g/mol. The molecule has 1 saturated carbocycles. The first-order valence-electron chi connectivity index (χ1n) is 10.8. The standard InChI is InChI=1S/C25H26N2O3/c1-30-25(29)17-11-12-19-21(15-17)27-14-13-22(28)26-20-10-6-5-9-18(20)24(27)23(19)16-7-3-2-4-8-16/h5-6,9-12,15-16H,2-4,7-8,13-14H2,1H3,(H,26,28). The van der Waals surface area contributed by atoms with Gasteiger partial charge in [-0.15, -0.1) is 0 Å². The SMILES string of the molecule is COC(=O)c1ccc2c(C3CCCCC3)c3n(c2c1)CCC(=O)Nc1ccccc1-3. The molecule has 2 aliphatic rings. The maximum Gasteiger partial charge on any atom is 0.337 e. The smallest absolute Gasteiger partial charge is 0.337 e. The highest BCUT2D eigenvalue weighted by atomic mass is 16.5. The minimum absolute atomic E-state index is 0.0123. The van der Waals surface area contributed by atoms with Crippen LogP contribution in [0.25, 0.3) is 22.2 Å². The summed E-state index contributed by atoms with van der Waals surface area (Å²) in [5.41, 5.74) is 6.02. The zero-order valence-electron chi connectivity index (χ0n) is 17.2. The lowest BCUT2D eigenvalue weighted by Gasteiger charge is -2.25. The summed E-state index contributed by atoms with van der Waals surface area (Å²) >= 11 is 0. The molecule has 0 saturated heterocycles. The number of carbonyl (C=O) groups is 2. The van der Waals surface area contributed by atoms with E-state index in [0.717, 1.165) is 16.8 Å². The van der Waals surface area contributed by atoms with Crippen LogP contribution < -0.4 is 5.32 Å². The zero-order valence-corrected chi connectivity index (χ0v) is 17.2. The maximum absolute atomic E-state index is 12.5. The Balaban J connectivity index is 1.83. The van der Waals surface area contributed by atoms with Crippen molar-refractivity contribution in [2.24, 2.45) is 0 Å². The van der Waals surface area contributed by atoms with Gasteiger partial charge in [-0.2, -0.15) is 0 Å². The summed E-state index contributed by atoms with van der Waals surface area (Å²) in [7, 11) is 1.41. The number of hydrogen-bond acceptors (Lipinski definition) is 3. The molecule has 0 unspecified atom stereocenters. The summed E-state index contributed by atoms with van der Waals surface area (Å²) in [6.45, 7) is 0.587. The minimum Gasteiger partial charge on any atom is -0.465 e. The number of para-hydroxylation sites is 1. The molecule has 0 radical (unpaired) electrons. The molecule has 5 nitrogen and oxygen atoms in total. The number of aryl methyl sites for hydroxylation is 1. The van der Waals surface area contributed by atoms with E-state index in [1.54, 1.807) is 0 Å². The number of nitrogens with one attached hydrogen (secondary N) is 1. The Hall–Kier alpha value is -3.08. The highest BCUT2D eigenvalue weighted by Crippen LogP contribution is 2.46. The first-order chi connectivity index (χ1) is 14.7. The van der Waals surface area contributed by atoms with Gasteiger partial charge in [0.05, 0.1) is 24.1 Å². The van der Waals surface area contributed by atoms with E-state index < -0.39 is 0 Å². The van der Waals surface area contributed by atoms with Gasteiger partial charge in [0.25, 0.3) is 0 Å². The van der Waals surface area contributed by atoms with Crippen LogP contribution in [0.15, 0.2) is 42.5 Å². The molecule has 0 bridgehead atoms. The first kappa shape index (κ1) is 18.9. The van der Waals surface area contributed by atoms with Gasteiger partial charge in [0.1, 0.15) is 0 Å². The first-order valence-corrected chi connectivity index (χ1v) is 10.8. The number of amides is 1. The van der Waals surface area contributed by atoms with Gasteiger partial charge in [0, 0.05) is 29.4 Å². The largest absolute Gasteiger partial charge is 0.465 e. The van der Waals surface area contributed by atoms with Gasteiger partial charge < -0.3 is 14.6 Å². The van der Waals surface area contributed by atoms with E-state index >= 15 is 0 Å². The molecule has 1 N–H and O–H groups in total. The van der Waals surface area contributed by atoms with Gasteiger partial charge >= 0.3 is 5.97 Å². The highest BCUT2D eigenvalue weighted by Gasteiger charge is 2.29. The molecule has 1 aromatic heterocycles. The van der Waals surface area contributed by atoms with Gasteiger partial charge in [-0.3, -0.25) is 4.79 Å². The van der Waals surface area contributed by atoms with E-state index in [9.17, 15) is 9.59 Å². The number of ether oxygens (including phenoxy) is 1. The summed E-state index contributed by atoms with van der Waals surface area (Å²) in [4.78, 5) is 24.7. The molecule has 2 heterocycles. The molecular formula is C25H26N2O3. The Kier molecular flexibility index (Phi) is 4.81. The van der Waals surface area contributed by atoms with Crippen molar-refractivity contribution in [2.45, 2.75) is 51.0 Å². The van der Waals surface area contributed by atoms with Crippen LogP contribution in [0.2, 0.25) is 0 Å². The number of fused-ring (bicyclic) bond motifs is 5. The molecule has 1 aliphatic heterocycles. The summed E-state index contributed by atoms with van der Waals surface area (Å²) in [6, 6.07) is 13.9. The number of nitrogens with zero attached hydrogens (tertiary/aromatic N) is 1. The van der Waals surface area contributed by atoms with Crippen LogP contribution >= 0.6 is 0 Å². The summed E-state index contributed by atoms with van der Waals surface area (Å²) in [5, 5.41) is 4.28. The lowest BCUT2D eigenvalue weighted by Crippen LogP contribution is -2.19. The van der Waals surface area contributed by atoms with Crippen LogP contribution in [0.5, 0.6) is 0 Å². The molecule has 1 aliphatic carbocycles. The van der Waals surface area contributed by atoms with Crippen LogP contribution in [0.1, 0.15) is 60.4 Å². The van der Waals surface area contributed by atoms with Crippen LogP contribution in [0.4, 0.5) is 5.69 Å². The predicted molar refractivity (Wildman–Crippen MR) is 118 cm³/mol. The third-order valence-electron chi connectivity index (χ3n) is 6.56. The highest BCUT2D eigenvalue weighted by molar-refractivity contribution is 6.02. The average Bonchev–Trinajstić information content (AvgIpc) is 3.09. The number of aromatic nitrogens is 1. The Morgan fingerprint density at radius 2 is 1.90 bits per heavy atom. The normalized spacial score (nSPS) is 16.9. The van der Waals surface area contributed by atoms with Gasteiger partial charge in [0.15, 0.2) is 0 Å². The number of esters is 1. The van der Waals surface area contributed by atoms with Crippen molar-refractivity contribution in [3.8, 4) is 11.3 Å². The van der Waals surface area contributed by atoms with Gasteiger partial charge in [-0.25, -0.2) is 4.79 Å². The monoisotopic (exact) mass is 402 g/mol. The summed E-state index contributed by atoms with van der Waals surface area (Å²) in [6.07, 6.45) is 6.55. The van der Waals surface area contributed by atoms with Crippen LogP contribution in [-0.4, -0.2) is 23.6 Å². The molecule has 2 aromatic carbocycles. The third kappa shape index (κ3) is 3.09. The van der Waals surface area contributed by atoms with Crippen molar-refractivity contribution in [3.63, 3.8) is 0 Å². The second kappa shape index (κ2) is 7.63. The van der Waals surface area contributed by atoms with Crippen molar-refractivity contribution in [1.29, 1.82) is 0 Å². The molecule has 154 valence electrons. The molecule has 1 amide bonds. The summed E-state index contributed by atoms with van der Waals surface area (Å²) < 4.78 is 7.21. The maximum atomic E-state index is 12.5. The van der Waals surface area contributed by atoms with E-state index in [1.807, 2.05) is 30.3 Å². The van der Waals surface area contributed by atoms with Crippen molar-refractivity contribution >= 4 is 28.5 Å². The number of methoxy groups -OCH3 is 1. The quantitative estimate of drug-likeness (QED) is 0.577. The van der Waals surface area contributed by atoms with E-state index in [2.05, 4.69) is 22.0 Å². The van der Waals surface area contributed by atoms with Gasteiger partial charge in [-0.05, 0) is 42.5 Å². The zero-order chi connectivity index (χ0) is 20.7. The Bertz CT molecular complexity index is 1140. The minimum atomic E-state index is -0.337. The average molecular weight is 402 g/mol. The Labute approximate surface area is 176 Å². The lowest BCUT2D eigenvalue weighted by molar-refractivity contribution is -0.116. The number of rotatable bonds is 2. The lowest BCUT2D eigenvalue weighted by atomic mass is 9.81. The predicted octanol–water partition coefficient (Wildman–Crippen LogP) is 5.48. The fourth-order valence-electron chi connectivity index (χ4n) is 5.17. The second-order valence-corrected chi connectivity index (χ2v) is 8.32. The second-order valence-electron chi connectivity index (χ2n) is 8.32. The molecule has 0 spiro atoms. The van der Waals surface area contributed by atoms with Gasteiger partial charge in [0.2, 0.25) is 5.91 Å². The van der Waals surface area contributed by atoms with Crippen molar-refractivity contribution in [3.05, 3.63) is 53.6 Å². The van der Waals surface area contributed by atoms with E-state index in [0.29, 0.717) is 24.4 Å². The van der Waals surface area contributed by atoms with Crippen LogP contribution in [0, 0.1) is 0 Å². The molecule has 0 atom stereocenters. The van der Waals surface area contributed by atoms with Crippen molar-refractivity contribution in [2.75, 3.05) is 12.4 Å². The van der Waals surface area contributed by atoms with Crippen molar-refractivity contribution in [1.82, 2.24) is 4.57 Å². The van der Waals surface area contributed by atoms with Gasteiger partial charge in [-0.1, -0.05) is 43.5 Å². The molecule has 5 heteroatoms. The Morgan fingerprint density at radius 3 is 2.70 bits per heavy atom. The number of benzene rings is 2. The molecule has 1 fully saturated rings. The van der Waals surface area contributed by atoms with E-state index in [-0.39, 0.29) is 11.9 Å². The fraction of sp³-hybridized carbons (Fsp3) is 0.360. The van der Waals surface area contributed by atoms with Crippen LogP contribution in [0.3, 0.4) is 0 Å². The summed E-state index contributed by atoms with van der Waals surface area (Å²) in [5.74, 6) is 0.165. The number of hydrogen-bond donors (Lipinski definition) is 1. The molecule has 30 heavy (non-hydrogen) atoms. The van der Waals surface area contributed by atoms with Crippen molar-refractivity contribution < 1.29 is 14.3 Å². The third-order valence-corrected chi connectivity index (χ3v) is 6.56. The Morgan fingerprint density at radius 1 is 1.10 bits per heavy atom.